The second-order valence-corrected chi connectivity index (χ2v) is 7.89. The molecule has 0 aliphatic carbocycles. The minimum Gasteiger partial charge on any atom is -0.497 e. The minimum absolute atomic E-state index is 0.0912. The van der Waals surface area contributed by atoms with Crippen LogP contribution < -0.4 is 4.74 Å². The monoisotopic (exact) mass is 429 g/mol. The van der Waals surface area contributed by atoms with E-state index < -0.39 is 6.55 Å². The first kappa shape index (κ1) is 20.3. The summed E-state index contributed by atoms with van der Waals surface area (Å²) in [5, 5.41) is 9.33. The first-order valence-corrected chi connectivity index (χ1v) is 10.4. The van der Waals surface area contributed by atoms with Crippen LogP contribution in [0.1, 0.15) is 32.3 Å². The molecular weight excluding hydrogens is 408 g/mol. The topological polar surface area (TPSA) is 57.8 Å². The van der Waals surface area contributed by atoms with Gasteiger partial charge in [0.15, 0.2) is 11.0 Å². The van der Waals surface area contributed by atoms with Gasteiger partial charge in [0.2, 0.25) is 0 Å². The van der Waals surface area contributed by atoms with E-state index in [4.69, 9.17) is 4.74 Å². The highest BCUT2D eigenvalue weighted by atomic mass is 32.2. The van der Waals surface area contributed by atoms with Gasteiger partial charge < -0.3 is 4.74 Å². The van der Waals surface area contributed by atoms with Crippen molar-refractivity contribution >= 4 is 22.8 Å². The van der Waals surface area contributed by atoms with Crippen molar-refractivity contribution in [3.8, 4) is 17.1 Å². The smallest absolute Gasteiger partial charge is 0.320 e. The highest BCUT2D eigenvalue weighted by Crippen LogP contribution is 2.32. The summed E-state index contributed by atoms with van der Waals surface area (Å²) in [7, 11) is 1.62. The summed E-state index contributed by atoms with van der Waals surface area (Å²) in [6, 6.07) is 14.6. The van der Waals surface area contributed by atoms with Gasteiger partial charge in [0.25, 0.3) is 0 Å². The number of benzene rings is 2. The van der Waals surface area contributed by atoms with Crippen LogP contribution >= 0.6 is 11.8 Å². The number of imidazole rings is 1. The number of hydrogen-bond donors (Lipinski definition) is 0. The van der Waals surface area contributed by atoms with Gasteiger partial charge in [-0.1, -0.05) is 23.9 Å². The molecule has 0 fully saturated rings. The summed E-state index contributed by atoms with van der Waals surface area (Å²) in [5.41, 5.74) is 1.88. The van der Waals surface area contributed by atoms with E-state index in [0.29, 0.717) is 22.0 Å². The molecule has 30 heavy (non-hydrogen) atoms. The molecule has 4 rings (SSSR count). The van der Waals surface area contributed by atoms with Crippen molar-refractivity contribution in [2.75, 3.05) is 7.11 Å². The minimum atomic E-state index is -2.66. The Kier molecular flexibility index (Phi) is 5.72. The summed E-state index contributed by atoms with van der Waals surface area (Å²) < 4.78 is 35.6. The van der Waals surface area contributed by atoms with Crippen LogP contribution in [0.5, 0.6) is 5.75 Å². The summed E-state index contributed by atoms with van der Waals surface area (Å²) >= 11 is 1.35. The molecule has 0 N–H and O–H groups in total. The van der Waals surface area contributed by atoms with Crippen LogP contribution in [0.25, 0.3) is 22.4 Å². The van der Waals surface area contributed by atoms with Crippen LogP contribution in [0, 0.1) is 0 Å². The van der Waals surface area contributed by atoms with Crippen molar-refractivity contribution < 1.29 is 13.5 Å². The maximum Gasteiger partial charge on any atom is 0.320 e. The maximum atomic E-state index is 13.7. The highest BCUT2D eigenvalue weighted by Gasteiger charge is 2.21. The van der Waals surface area contributed by atoms with Crippen molar-refractivity contribution in [2.45, 2.75) is 37.3 Å². The van der Waals surface area contributed by atoms with Crippen LogP contribution in [0.15, 0.2) is 53.7 Å². The number of hydrogen-bond acceptors (Lipinski definition) is 5. The predicted molar refractivity (Wildman–Crippen MR) is 113 cm³/mol. The molecule has 6 nitrogen and oxygen atoms in total. The van der Waals surface area contributed by atoms with Gasteiger partial charge in [-0.2, -0.15) is 8.78 Å². The van der Waals surface area contributed by atoms with Gasteiger partial charge >= 0.3 is 6.55 Å². The predicted octanol–water partition coefficient (Wildman–Crippen LogP) is 5.57. The van der Waals surface area contributed by atoms with Crippen molar-refractivity contribution in [2.24, 2.45) is 0 Å². The lowest BCUT2D eigenvalue weighted by Gasteiger charge is -2.14. The number of halogens is 2. The molecule has 2 aromatic heterocycles. The Bertz CT molecular complexity index is 1150. The Hall–Kier alpha value is -2.94. The fourth-order valence-corrected chi connectivity index (χ4v) is 4.32. The number of para-hydroxylation sites is 2. The molecule has 9 heteroatoms. The number of alkyl halides is 2. The largest absolute Gasteiger partial charge is 0.497 e. The van der Waals surface area contributed by atoms with Crippen LogP contribution in [0.2, 0.25) is 0 Å². The molecular formula is C21H21F2N5OS. The normalized spacial score (nSPS) is 11.7. The highest BCUT2D eigenvalue weighted by molar-refractivity contribution is 7.98. The fourth-order valence-electron chi connectivity index (χ4n) is 3.32. The van der Waals surface area contributed by atoms with Gasteiger partial charge in [-0.15, -0.1) is 10.2 Å². The molecule has 0 atom stereocenters. The van der Waals surface area contributed by atoms with Crippen LogP contribution in [0.4, 0.5) is 8.78 Å². The lowest BCUT2D eigenvalue weighted by molar-refractivity contribution is 0.0722. The average Bonchev–Trinajstić information content (AvgIpc) is 3.33. The lowest BCUT2D eigenvalue weighted by Crippen LogP contribution is -2.06. The third-order valence-corrected chi connectivity index (χ3v) is 5.66. The number of ether oxygens (including phenoxy) is 1. The first-order chi connectivity index (χ1) is 14.5. The molecule has 0 aliphatic heterocycles. The average molecular weight is 429 g/mol. The molecule has 4 aromatic rings. The molecule has 0 saturated heterocycles. The van der Waals surface area contributed by atoms with Gasteiger partial charge in [0.1, 0.15) is 11.6 Å². The Morgan fingerprint density at radius 1 is 1.00 bits per heavy atom. The van der Waals surface area contributed by atoms with E-state index in [1.807, 2.05) is 42.7 Å². The summed E-state index contributed by atoms with van der Waals surface area (Å²) in [5.74, 6) is 2.04. The number of nitrogens with zero attached hydrogens (tertiary/aromatic N) is 5. The van der Waals surface area contributed by atoms with E-state index in [-0.39, 0.29) is 11.8 Å². The molecule has 0 amide bonds. The van der Waals surface area contributed by atoms with E-state index >= 15 is 0 Å². The van der Waals surface area contributed by atoms with E-state index in [9.17, 15) is 8.78 Å². The molecule has 0 saturated carbocycles. The van der Waals surface area contributed by atoms with Crippen molar-refractivity contribution in [3.63, 3.8) is 0 Å². The number of thioether (sulfide) groups is 1. The van der Waals surface area contributed by atoms with Gasteiger partial charge in [-0.3, -0.25) is 9.13 Å². The molecule has 0 spiro atoms. The fraction of sp³-hybridized carbons (Fsp3) is 0.286. The number of rotatable bonds is 7. The lowest BCUT2D eigenvalue weighted by atomic mass is 10.2. The third kappa shape index (κ3) is 3.77. The standard InChI is InChI=1S/C21H21F2N5OS/c1-13(2)27-19(14-8-10-15(29-3)11-9-14)25-26-21(27)30-12-18-24-16-6-4-5-7-17(16)28(18)20(22)23/h4-11,13,20H,12H2,1-3H3. The first-order valence-electron chi connectivity index (χ1n) is 9.45. The molecule has 2 heterocycles. The van der Waals surface area contributed by atoms with Crippen molar-refractivity contribution in [1.82, 2.24) is 24.3 Å². The van der Waals surface area contributed by atoms with Crippen molar-refractivity contribution in [3.05, 3.63) is 54.4 Å². The van der Waals surface area contributed by atoms with Crippen LogP contribution in [-0.2, 0) is 5.75 Å². The van der Waals surface area contributed by atoms with Crippen LogP contribution in [-0.4, -0.2) is 31.4 Å². The zero-order valence-corrected chi connectivity index (χ0v) is 17.6. The van der Waals surface area contributed by atoms with Gasteiger partial charge in [0, 0.05) is 11.6 Å². The molecule has 0 bridgehead atoms. The number of aromatic nitrogens is 5. The Labute approximate surface area is 176 Å². The Morgan fingerprint density at radius 2 is 1.73 bits per heavy atom. The number of methoxy groups -OCH3 is 1. The van der Waals surface area contributed by atoms with Crippen molar-refractivity contribution in [1.29, 1.82) is 0 Å². The molecule has 156 valence electrons. The second kappa shape index (κ2) is 8.43. The summed E-state index contributed by atoms with van der Waals surface area (Å²) in [6.45, 7) is 1.41. The molecule has 0 radical (unpaired) electrons. The van der Waals surface area contributed by atoms with E-state index in [0.717, 1.165) is 21.7 Å². The Morgan fingerprint density at radius 3 is 2.40 bits per heavy atom. The summed E-state index contributed by atoms with van der Waals surface area (Å²) in [4.78, 5) is 4.40. The van der Waals surface area contributed by atoms with E-state index in [1.165, 1.54) is 11.8 Å². The molecule has 0 aliphatic rings. The molecule has 0 unspecified atom stereocenters. The van der Waals surface area contributed by atoms with E-state index in [1.54, 1.807) is 31.4 Å². The molecule has 2 aromatic carbocycles. The zero-order valence-electron chi connectivity index (χ0n) is 16.8. The van der Waals surface area contributed by atoms with E-state index in [2.05, 4.69) is 15.2 Å². The zero-order chi connectivity index (χ0) is 21.3. The van der Waals surface area contributed by atoms with Gasteiger partial charge in [0.05, 0.1) is 23.9 Å². The number of fused-ring (bicyclic) bond motifs is 1. The Balaban J connectivity index is 1.65. The van der Waals surface area contributed by atoms with Crippen LogP contribution in [0.3, 0.4) is 0 Å². The van der Waals surface area contributed by atoms with Gasteiger partial charge in [-0.05, 0) is 50.2 Å². The second-order valence-electron chi connectivity index (χ2n) is 6.95. The maximum absolute atomic E-state index is 13.7. The SMILES string of the molecule is COc1ccc(-c2nnc(SCc3nc4ccccc4n3C(F)F)n2C(C)C)cc1. The summed E-state index contributed by atoms with van der Waals surface area (Å²) in [6.07, 6.45) is 0. The quantitative estimate of drug-likeness (QED) is 0.359. The van der Waals surface area contributed by atoms with Gasteiger partial charge in [-0.25, -0.2) is 4.98 Å². The third-order valence-electron chi connectivity index (χ3n) is 4.72.